The lowest BCUT2D eigenvalue weighted by Gasteiger charge is -2.31. The zero-order chi connectivity index (χ0) is 24.4. The maximum absolute atomic E-state index is 13.4. The molecule has 0 saturated carbocycles. The molecule has 0 aliphatic carbocycles. The van der Waals surface area contributed by atoms with E-state index in [0.717, 1.165) is 49.1 Å². The summed E-state index contributed by atoms with van der Waals surface area (Å²) in [5.41, 5.74) is 9.92. The number of nitrogen functional groups attached to an aromatic ring is 1. The molecule has 3 aromatic carbocycles. The molecular formula is C28H29FN4O2. The minimum atomic E-state index is -0.332. The number of hydrogen-bond donors (Lipinski definition) is 1. The minimum absolute atomic E-state index is 0.0237. The Balaban J connectivity index is 1.25. The van der Waals surface area contributed by atoms with Gasteiger partial charge in [-0.3, -0.25) is 13.9 Å². The molecule has 0 atom stereocenters. The number of anilines is 1. The summed E-state index contributed by atoms with van der Waals surface area (Å²) in [6, 6.07) is 21.3. The lowest BCUT2D eigenvalue weighted by Crippen LogP contribution is -2.39. The molecule has 1 aromatic heterocycles. The number of aromatic nitrogens is 2. The van der Waals surface area contributed by atoms with Crippen LogP contribution in [-0.4, -0.2) is 39.5 Å². The molecular weight excluding hydrogens is 443 g/mol. The zero-order valence-electron chi connectivity index (χ0n) is 19.6. The summed E-state index contributed by atoms with van der Waals surface area (Å²) in [7, 11) is 0. The third-order valence-electron chi connectivity index (χ3n) is 6.97. The first kappa shape index (κ1) is 23.1. The van der Waals surface area contributed by atoms with Crippen LogP contribution in [0.2, 0.25) is 0 Å². The molecule has 4 aromatic rings. The Morgan fingerprint density at radius 3 is 2.14 bits per heavy atom. The fourth-order valence-electron chi connectivity index (χ4n) is 4.96. The van der Waals surface area contributed by atoms with Crippen LogP contribution in [0.5, 0.6) is 0 Å². The molecule has 0 bridgehead atoms. The van der Waals surface area contributed by atoms with Crippen molar-refractivity contribution in [3.05, 3.63) is 100 Å². The summed E-state index contributed by atoms with van der Waals surface area (Å²) in [6.45, 7) is 3.42. The first-order valence-corrected chi connectivity index (χ1v) is 12.0. The van der Waals surface area contributed by atoms with E-state index >= 15 is 0 Å². The number of para-hydroxylation sites is 2. The summed E-state index contributed by atoms with van der Waals surface area (Å²) >= 11 is 0. The fraction of sp³-hybridized carbons (Fsp3) is 0.286. The molecule has 2 N–H and O–H groups in total. The van der Waals surface area contributed by atoms with Crippen molar-refractivity contribution in [3.63, 3.8) is 0 Å². The van der Waals surface area contributed by atoms with E-state index in [9.17, 15) is 14.0 Å². The number of likely N-dealkylation sites (tertiary alicyclic amines) is 1. The van der Waals surface area contributed by atoms with Crippen molar-refractivity contribution in [2.45, 2.75) is 25.9 Å². The Kier molecular flexibility index (Phi) is 6.51. The lowest BCUT2D eigenvalue weighted by molar-refractivity contribution is 0.0837. The van der Waals surface area contributed by atoms with E-state index in [-0.39, 0.29) is 23.2 Å². The number of nitrogens with zero attached hydrogens (tertiary/aromatic N) is 3. The highest BCUT2D eigenvalue weighted by molar-refractivity contribution is 5.97. The normalized spacial score (nSPS) is 15.0. The van der Waals surface area contributed by atoms with Crippen molar-refractivity contribution in [1.29, 1.82) is 0 Å². The average molecular weight is 473 g/mol. The number of benzene rings is 3. The zero-order valence-corrected chi connectivity index (χ0v) is 19.6. The van der Waals surface area contributed by atoms with E-state index in [1.54, 1.807) is 12.1 Å². The van der Waals surface area contributed by atoms with Crippen LogP contribution in [0.4, 0.5) is 10.1 Å². The van der Waals surface area contributed by atoms with E-state index in [0.29, 0.717) is 24.3 Å². The van der Waals surface area contributed by atoms with Gasteiger partial charge in [-0.25, -0.2) is 9.18 Å². The second-order valence-electron chi connectivity index (χ2n) is 9.24. The third-order valence-corrected chi connectivity index (χ3v) is 6.97. The van der Waals surface area contributed by atoms with Gasteiger partial charge in [0.15, 0.2) is 5.78 Å². The average Bonchev–Trinajstić information content (AvgIpc) is 3.15. The fourth-order valence-corrected chi connectivity index (χ4v) is 4.96. The molecule has 6 nitrogen and oxygen atoms in total. The lowest BCUT2D eigenvalue weighted by atomic mass is 9.89. The highest BCUT2D eigenvalue weighted by Gasteiger charge is 2.26. The smallest absolute Gasteiger partial charge is 0.329 e. The molecule has 1 aliphatic heterocycles. The number of nitrogens with two attached hydrogens (primary N) is 1. The maximum atomic E-state index is 13.4. The molecule has 35 heavy (non-hydrogen) atoms. The minimum Gasteiger partial charge on any atom is -0.399 e. The van der Waals surface area contributed by atoms with Gasteiger partial charge in [0.1, 0.15) is 5.82 Å². The van der Waals surface area contributed by atoms with Crippen molar-refractivity contribution in [1.82, 2.24) is 14.0 Å². The van der Waals surface area contributed by atoms with Crippen LogP contribution in [-0.2, 0) is 13.1 Å². The Morgan fingerprint density at radius 2 is 1.49 bits per heavy atom. The maximum Gasteiger partial charge on any atom is 0.329 e. The van der Waals surface area contributed by atoms with Gasteiger partial charge in [0.25, 0.3) is 0 Å². The van der Waals surface area contributed by atoms with Gasteiger partial charge in [0, 0.05) is 30.3 Å². The molecule has 1 fully saturated rings. The predicted octanol–water partition coefficient (Wildman–Crippen LogP) is 4.17. The molecule has 5 rings (SSSR count). The number of imidazole rings is 1. The van der Waals surface area contributed by atoms with E-state index in [2.05, 4.69) is 4.90 Å². The van der Waals surface area contributed by atoms with Gasteiger partial charge >= 0.3 is 5.69 Å². The molecule has 2 heterocycles. The number of Topliss-reactive ketones (excluding diaryl/α,β-unsaturated/α-hetero) is 1. The predicted molar refractivity (Wildman–Crippen MR) is 136 cm³/mol. The quantitative estimate of drug-likeness (QED) is 0.324. The molecule has 0 unspecified atom stereocenters. The van der Waals surface area contributed by atoms with E-state index in [1.165, 1.54) is 12.1 Å². The second-order valence-corrected chi connectivity index (χ2v) is 9.24. The van der Waals surface area contributed by atoms with Crippen molar-refractivity contribution in [2.24, 2.45) is 5.92 Å². The van der Waals surface area contributed by atoms with Crippen molar-refractivity contribution in [2.75, 3.05) is 25.4 Å². The Labute approximate surface area is 203 Å². The largest absolute Gasteiger partial charge is 0.399 e. The van der Waals surface area contributed by atoms with Crippen LogP contribution in [0, 0.1) is 11.7 Å². The number of piperidine rings is 1. The molecule has 1 aliphatic rings. The van der Waals surface area contributed by atoms with Crippen LogP contribution in [0.15, 0.2) is 77.6 Å². The van der Waals surface area contributed by atoms with Crippen molar-refractivity contribution in [3.8, 4) is 0 Å². The summed E-state index contributed by atoms with van der Waals surface area (Å²) in [6.07, 6.45) is 1.54. The number of carbonyl (C=O) groups is 1. The number of rotatable bonds is 7. The van der Waals surface area contributed by atoms with Crippen LogP contribution in [0.25, 0.3) is 11.0 Å². The topological polar surface area (TPSA) is 73.3 Å². The summed E-state index contributed by atoms with van der Waals surface area (Å²) in [4.78, 5) is 28.4. The Bertz CT molecular complexity index is 1380. The first-order valence-electron chi connectivity index (χ1n) is 12.0. The van der Waals surface area contributed by atoms with Gasteiger partial charge < -0.3 is 10.6 Å². The van der Waals surface area contributed by atoms with Crippen molar-refractivity contribution < 1.29 is 9.18 Å². The molecule has 180 valence electrons. The first-order chi connectivity index (χ1) is 17.0. The molecule has 0 radical (unpaired) electrons. The third kappa shape index (κ3) is 4.91. The second kappa shape index (κ2) is 9.88. The SMILES string of the molecule is Nc1ccc(Cn2c(=O)n(CCN3CCC(C(=O)c4ccc(F)cc4)CC3)c3ccccc32)cc1. The summed E-state index contributed by atoms with van der Waals surface area (Å²) in [5.74, 6) is -0.283. The molecule has 7 heteroatoms. The van der Waals surface area contributed by atoms with Crippen LogP contribution >= 0.6 is 0 Å². The van der Waals surface area contributed by atoms with E-state index in [4.69, 9.17) is 5.73 Å². The van der Waals surface area contributed by atoms with E-state index in [1.807, 2.05) is 57.7 Å². The Morgan fingerprint density at radius 1 is 0.857 bits per heavy atom. The van der Waals surface area contributed by atoms with Gasteiger partial charge in [-0.05, 0) is 80.0 Å². The molecule has 0 amide bonds. The van der Waals surface area contributed by atoms with Crippen molar-refractivity contribution >= 4 is 22.5 Å². The van der Waals surface area contributed by atoms with Gasteiger partial charge in [0.05, 0.1) is 17.6 Å². The highest BCUT2D eigenvalue weighted by Crippen LogP contribution is 2.22. The summed E-state index contributed by atoms with van der Waals surface area (Å²) in [5, 5.41) is 0. The standard InChI is InChI=1S/C28H29FN4O2/c29-23-9-7-21(8-10-23)27(34)22-13-15-31(16-14-22)17-18-32-25-3-1-2-4-26(25)33(28(32)35)19-20-5-11-24(30)12-6-20/h1-12,22H,13-19,30H2. The molecule has 0 spiro atoms. The monoisotopic (exact) mass is 472 g/mol. The Hall–Kier alpha value is -3.71. The number of halogens is 1. The number of fused-ring (bicyclic) bond motifs is 1. The van der Waals surface area contributed by atoms with Gasteiger partial charge in [-0.2, -0.15) is 0 Å². The van der Waals surface area contributed by atoms with Crippen LogP contribution in [0.1, 0.15) is 28.8 Å². The number of carbonyl (C=O) groups excluding carboxylic acids is 1. The highest BCUT2D eigenvalue weighted by atomic mass is 19.1. The summed E-state index contributed by atoms with van der Waals surface area (Å²) < 4.78 is 16.8. The van der Waals surface area contributed by atoms with Crippen LogP contribution < -0.4 is 11.4 Å². The van der Waals surface area contributed by atoms with Gasteiger partial charge in [-0.15, -0.1) is 0 Å². The van der Waals surface area contributed by atoms with E-state index < -0.39 is 0 Å². The number of ketones is 1. The van der Waals surface area contributed by atoms with Crippen LogP contribution in [0.3, 0.4) is 0 Å². The number of hydrogen-bond acceptors (Lipinski definition) is 4. The molecule has 1 saturated heterocycles. The van der Waals surface area contributed by atoms with Gasteiger partial charge in [0.2, 0.25) is 0 Å². The van der Waals surface area contributed by atoms with Gasteiger partial charge in [-0.1, -0.05) is 24.3 Å².